The normalized spacial score (nSPS) is 20.9. The second kappa shape index (κ2) is 14.4. The zero-order valence-electron chi connectivity index (χ0n) is 30.3. The van der Waals surface area contributed by atoms with E-state index in [2.05, 4.69) is 30.1 Å². The average Bonchev–Trinajstić information content (AvgIpc) is 3.72. The lowest BCUT2D eigenvalue weighted by atomic mass is 9.85. The number of imide groups is 1. The first-order valence-corrected chi connectivity index (χ1v) is 18.4. The van der Waals surface area contributed by atoms with Crippen LogP contribution in [-0.4, -0.2) is 86.4 Å². The van der Waals surface area contributed by atoms with E-state index in [1.54, 1.807) is 23.3 Å². The van der Waals surface area contributed by atoms with Gasteiger partial charge in [-0.3, -0.25) is 43.4 Å². The average molecular weight is 731 g/mol. The summed E-state index contributed by atoms with van der Waals surface area (Å²) in [7, 11) is 3.31. The molecule has 1 aliphatic carbocycles. The maximum absolute atomic E-state index is 13.4. The van der Waals surface area contributed by atoms with E-state index < -0.39 is 11.9 Å². The van der Waals surface area contributed by atoms with Crippen molar-refractivity contribution >= 4 is 51.0 Å². The summed E-state index contributed by atoms with van der Waals surface area (Å²) < 4.78 is 10.8. The highest BCUT2D eigenvalue weighted by molar-refractivity contribution is 6.06. The Balaban J connectivity index is 0.879. The van der Waals surface area contributed by atoms with Gasteiger partial charge in [0.1, 0.15) is 17.9 Å². The number of imidazole rings is 1. The molecule has 0 radical (unpaired) electrons. The monoisotopic (exact) mass is 730 g/mol. The van der Waals surface area contributed by atoms with Crippen LogP contribution in [0.2, 0.25) is 0 Å². The molecule has 1 unspecified atom stereocenters. The number of nitriles is 1. The van der Waals surface area contributed by atoms with Crippen LogP contribution >= 0.6 is 0 Å². The molecule has 3 aromatic heterocycles. The first kappa shape index (κ1) is 35.0. The lowest BCUT2D eigenvalue weighted by Gasteiger charge is -2.39. The fourth-order valence-corrected chi connectivity index (χ4v) is 8.38. The largest absolute Gasteiger partial charge is 0.494 e. The Morgan fingerprint density at radius 1 is 1.04 bits per heavy atom. The minimum absolute atomic E-state index is 0.211. The predicted octanol–water partition coefficient (Wildman–Crippen LogP) is 3.75. The number of methoxy groups -OCH3 is 1. The number of para-hydroxylation sites is 1. The van der Waals surface area contributed by atoms with Crippen LogP contribution in [0.4, 0.5) is 11.4 Å². The van der Waals surface area contributed by atoms with E-state index >= 15 is 0 Å². The van der Waals surface area contributed by atoms with E-state index in [0.717, 1.165) is 80.5 Å². The first-order valence-electron chi connectivity index (χ1n) is 18.4. The summed E-state index contributed by atoms with van der Waals surface area (Å²) in [6.45, 7) is 4.55. The molecule has 3 amide bonds. The van der Waals surface area contributed by atoms with Crippen molar-refractivity contribution in [2.75, 3.05) is 50.1 Å². The van der Waals surface area contributed by atoms with Crippen molar-refractivity contribution in [2.24, 2.45) is 13.0 Å². The number of benzene rings is 2. The quantitative estimate of drug-likeness (QED) is 0.224. The molecule has 1 atom stereocenters. The van der Waals surface area contributed by atoms with Crippen molar-refractivity contribution < 1.29 is 19.1 Å². The number of pyridine rings is 1. The fourth-order valence-electron chi connectivity index (χ4n) is 8.38. The number of carbonyl (C=O) groups is 3. The molecular formula is C39H42N10O5. The van der Waals surface area contributed by atoms with E-state index in [9.17, 15) is 24.4 Å². The van der Waals surface area contributed by atoms with E-state index in [0.29, 0.717) is 34.9 Å². The Bertz CT molecular complexity index is 2370. The van der Waals surface area contributed by atoms with Gasteiger partial charge in [-0.15, -0.1) is 0 Å². The number of aromatic nitrogens is 5. The number of hydrogen-bond donors (Lipinski definition) is 2. The van der Waals surface area contributed by atoms with Gasteiger partial charge in [0.05, 0.1) is 52.2 Å². The third-order valence-electron chi connectivity index (χ3n) is 11.2. The molecule has 15 heteroatoms. The maximum atomic E-state index is 13.4. The number of piperazine rings is 1. The number of amides is 3. The molecule has 2 aromatic carbocycles. The molecule has 2 aliphatic heterocycles. The smallest absolute Gasteiger partial charge is 0.329 e. The number of ether oxygens (including phenoxy) is 1. The predicted molar refractivity (Wildman–Crippen MR) is 201 cm³/mol. The highest BCUT2D eigenvalue weighted by Crippen LogP contribution is 2.36. The Morgan fingerprint density at radius 3 is 2.57 bits per heavy atom. The van der Waals surface area contributed by atoms with Crippen LogP contribution in [-0.2, 0) is 16.6 Å². The van der Waals surface area contributed by atoms with Gasteiger partial charge in [0.25, 0.3) is 5.91 Å². The molecule has 15 nitrogen and oxygen atoms in total. The molecule has 0 bridgehead atoms. The minimum atomic E-state index is -0.705. The van der Waals surface area contributed by atoms with Crippen LogP contribution in [0.5, 0.6) is 5.75 Å². The Hall–Kier alpha value is -6.01. The van der Waals surface area contributed by atoms with Crippen molar-refractivity contribution in [3.05, 3.63) is 76.6 Å². The molecular weight excluding hydrogens is 688 g/mol. The van der Waals surface area contributed by atoms with Gasteiger partial charge in [-0.25, -0.2) is 4.79 Å². The molecule has 5 heterocycles. The van der Waals surface area contributed by atoms with Gasteiger partial charge in [0, 0.05) is 76.2 Å². The number of nitrogens with one attached hydrogen (secondary N) is 2. The zero-order chi connectivity index (χ0) is 37.5. The number of nitrogens with zero attached hydrogens (tertiary/aromatic N) is 8. The second-order valence-corrected chi connectivity index (χ2v) is 14.5. The Kier molecular flexibility index (Phi) is 9.36. The van der Waals surface area contributed by atoms with Gasteiger partial charge < -0.3 is 15.0 Å². The summed E-state index contributed by atoms with van der Waals surface area (Å²) in [6.07, 6.45) is 9.68. The van der Waals surface area contributed by atoms with Crippen LogP contribution in [0.1, 0.15) is 66.5 Å². The number of hydrogen-bond acceptors (Lipinski definition) is 10. The number of aryl methyl sites for hydroxylation is 1. The van der Waals surface area contributed by atoms with Gasteiger partial charge in [-0.1, -0.05) is 6.07 Å². The van der Waals surface area contributed by atoms with Crippen molar-refractivity contribution in [1.82, 2.24) is 34.1 Å². The van der Waals surface area contributed by atoms with E-state index in [4.69, 9.17) is 9.84 Å². The van der Waals surface area contributed by atoms with Gasteiger partial charge in [0.15, 0.2) is 0 Å². The van der Waals surface area contributed by atoms with E-state index in [1.807, 2.05) is 42.6 Å². The van der Waals surface area contributed by atoms with Crippen LogP contribution in [0.3, 0.4) is 0 Å². The van der Waals surface area contributed by atoms with Crippen LogP contribution < -0.4 is 26.0 Å². The minimum Gasteiger partial charge on any atom is -0.494 e. The second-order valence-electron chi connectivity index (χ2n) is 14.5. The van der Waals surface area contributed by atoms with Crippen LogP contribution in [0.15, 0.2) is 59.8 Å². The number of piperidine rings is 1. The van der Waals surface area contributed by atoms with Gasteiger partial charge in [-0.2, -0.15) is 10.4 Å². The van der Waals surface area contributed by atoms with Gasteiger partial charge in [-0.05, 0) is 62.3 Å². The molecule has 5 aromatic rings. The molecule has 278 valence electrons. The van der Waals surface area contributed by atoms with Crippen molar-refractivity contribution in [3.63, 3.8) is 0 Å². The summed E-state index contributed by atoms with van der Waals surface area (Å²) in [6, 6.07) is 12.7. The standard InChI is InChI=1S/C39H42N10O5/c1-45-36-31(4-3-5-32(36)49(39(45)53)33-10-11-35(50)43-38(33)52)47-14-12-46(13-15-47)22-24-6-8-28(9-7-24)48-23-27-17-30(34(54-2)18-29(27)44-48)42-37(51)26-16-25(19-40)20-41-21-26/h3-5,16-18,20-21,23-24,28,33H,6-15,22H2,1-2H3,(H,42,51)(H,43,50,52)/t24-,28-,33?. The van der Waals surface area contributed by atoms with Crippen molar-refractivity contribution in [2.45, 2.75) is 50.6 Å². The van der Waals surface area contributed by atoms with Crippen LogP contribution in [0, 0.1) is 17.2 Å². The number of anilines is 2. The number of carbonyl (C=O) groups excluding carboxylic acids is 3. The topological polar surface area (TPSA) is 172 Å². The fraction of sp³-hybridized carbons (Fsp3) is 0.410. The molecule has 3 aliphatic rings. The molecule has 2 N–H and O–H groups in total. The molecule has 2 saturated heterocycles. The highest BCUT2D eigenvalue weighted by atomic mass is 16.5. The molecule has 8 rings (SSSR count). The van der Waals surface area contributed by atoms with Gasteiger partial charge in [0.2, 0.25) is 11.8 Å². The molecule has 54 heavy (non-hydrogen) atoms. The summed E-state index contributed by atoms with van der Waals surface area (Å²) in [5, 5.41) is 20.3. The number of fused-ring (bicyclic) bond motifs is 2. The SMILES string of the molecule is COc1cc2nn([C@H]3CC[C@H](CN4CCN(c5cccc6c5n(C)c(=O)n6C5CCC(=O)NC5=O)CC4)CC3)cc2cc1NC(=O)c1cncc(C#N)c1. The molecule has 0 spiro atoms. The first-order chi connectivity index (χ1) is 26.2. The Morgan fingerprint density at radius 2 is 1.83 bits per heavy atom. The third kappa shape index (κ3) is 6.57. The Labute approximate surface area is 311 Å². The van der Waals surface area contributed by atoms with Gasteiger partial charge >= 0.3 is 5.69 Å². The third-order valence-corrected chi connectivity index (χ3v) is 11.2. The summed E-state index contributed by atoms with van der Waals surface area (Å²) in [5.74, 6) is -0.0101. The number of rotatable bonds is 8. The summed E-state index contributed by atoms with van der Waals surface area (Å²) in [5.41, 5.74) is 4.16. The summed E-state index contributed by atoms with van der Waals surface area (Å²) >= 11 is 0. The lowest BCUT2D eigenvalue weighted by Crippen LogP contribution is -2.48. The van der Waals surface area contributed by atoms with E-state index in [-0.39, 0.29) is 35.5 Å². The van der Waals surface area contributed by atoms with Crippen LogP contribution in [0.25, 0.3) is 21.9 Å². The maximum Gasteiger partial charge on any atom is 0.329 e. The molecule has 3 fully saturated rings. The van der Waals surface area contributed by atoms with E-state index in [1.165, 1.54) is 18.5 Å². The highest BCUT2D eigenvalue weighted by Gasteiger charge is 2.33. The van der Waals surface area contributed by atoms with Crippen molar-refractivity contribution in [3.8, 4) is 11.8 Å². The van der Waals surface area contributed by atoms with Crippen molar-refractivity contribution in [1.29, 1.82) is 5.26 Å². The molecule has 1 saturated carbocycles. The lowest BCUT2D eigenvalue weighted by molar-refractivity contribution is -0.135. The zero-order valence-corrected chi connectivity index (χ0v) is 30.3. The summed E-state index contributed by atoms with van der Waals surface area (Å²) in [4.78, 5) is 59.7.